The number of carbonyl (C=O) groups is 1. The molecule has 0 bridgehead atoms. The third-order valence-corrected chi connectivity index (χ3v) is 6.38. The molecule has 4 nitrogen and oxygen atoms in total. The van der Waals surface area contributed by atoms with E-state index >= 15 is 0 Å². The number of rotatable bonds is 9. The summed E-state index contributed by atoms with van der Waals surface area (Å²) in [5.74, 6) is 1.62. The summed E-state index contributed by atoms with van der Waals surface area (Å²) >= 11 is 0. The van der Waals surface area contributed by atoms with E-state index in [1.807, 2.05) is 37.3 Å². The summed E-state index contributed by atoms with van der Waals surface area (Å²) in [7, 11) is 0. The Bertz CT molecular complexity index is 1220. The van der Waals surface area contributed by atoms with Crippen LogP contribution < -0.4 is 5.32 Å². The van der Waals surface area contributed by atoms with Gasteiger partial charge in [-0.25, -0.2) is 4.98 Å². The minimum Gasteiger partial charge on any atom is -0.352 e. The molecule has 33 heavy (non-hydrogen) atoms. The first-order chi connectivity index (χ1) is 16.0. The lowest BCUT2D eigenvalue weighted by Crippen LogP contribution is -2.25. The summed E-state index contributed by atoms with van der Waals surface area (Å²) in [5.41, 5.74) is 6.65. The van der Waals surface area contributed by atoms with E-state index < -0.39 is 0 Å². The van der Waals surface area contributed by atoms with Gasteiger partial charge in [-0.2, -0.15) is 0 Å². The molecule has 4 rings (SSSR count). The van der Waals surface area contributed by atoms with Crippen LogP contribution in [0, 0.1) is 6.92 Å². The van der Waals surface area contributed by atoms with E-state index in [1.54, 1.807) is 0 Å². The number of carbonyl (C=O) groups excluding carboxylic acids is 1. The van der Waals surface area contributed by atoms with E-state index in [0.717, 1.165) is 48.2 Å². The van der Waals surface area contributed by atoms with Gasteiger partial charge in [0.1, 0.15) is 5.82 Å². The zero-order valence-electron chi connectivity index (χ0n) is 19.8. The van der Waals surface area contributed by atoms with Gasteiger partial charge in [-0.3, -0.25) is 4.79 Å². The summed E-state index contributed by atoms with van der Waals surface area (Å²) in [6.45, 7) is 7.92. The first-order valence-electron chi connectivity index (χ1n) is 11.9. The SMILES string of the molecule is CCC(C)c1ccc(Cn2c(CCCNC(=O)c3cccc(C)c3)nc3ccccc32)cc1. The molecule has 170 valence electrons. The fourth-order valence-electron chi connectivity index (χ4n) is 4.20. The number of amides is 1. The number of nitrogens with zero attached hydrogens (tertiary/aromatic N) is 2. The maximum atomic E-state index is 12.4. The van der Waals surface area contributed by atoms with E-state index in [-0.39, 0.29) is 5.91 Å². The van der Waals surface area contributed by atoms with Crippen LogP contribution in [0.15, 0.2) is 72.8 Å². The van der Waals surface area contributed by atoms with Crippen molar-refractivity contribution in [1.29, 1.82) is 0 Å². The van der Waals surface area contributed by atoms with Crippen molar-refractivity contribution in [3.05, 3.63) is 101 Å². The van der Waals surface area contributed by atoms with Crippen molar-refractivity contribution in [3.63, 3.8) is 0 Å². The second-order valence-corrected chi connectivity index (χ2v) is 8.88. The van der Waals surface area contributed by atoms with Crippen LogP contribution >= 0.6 is 0 Å². The second-order valence-electron chi connectivity index (χ2n) is 8.88. The Hall–Kier alpha value is -3.40. The van der Waals surface area contributed by atoms with E-state index in [1.165, 1.54) is 11.1 Å². The van der Waals surface area contributed by atoms with Crippen molar-refractivity contribution in [3.8, 4) is 0 Å². The minimum atomic E-state index is -0.0198. The fourth-order valence-corrected chi connectivity index (χ4v) is 4.20. The molecule has 4 aromatic rings. The molecule has 0 aliphatic heterocycles. The van der Waals surface area contributed by atoms with Crippen LogP contribution in [0.3, 0.4) is 0 Å². The molecule has 4 heteroatoms. The maximum Gasteiger partial charge on any atom is 0.251 e. The molecular weight excluding hydrogens is 406 g/mol. The zero-order valence-corrected chi connectivity index (χ0v) is 19.8. The summed E-state index contributed by atoms with van der Waals surface area (Å²) < 4.78 is 2.32. The van der Waals surface area contributed by atoms with Gasteiger partial charge in [-0.15, -0.1) is 0 Å². The molecule has 0 aliphatic carbocycles. The summed E-state index contributed by atoms with van der Waals surface area (Å²) in [6.07, 6.45) is 2.80. The van der Waals surface area contributed by atoms with Gasteiger partial charge in [-0.1, -0.05) is 67.9 Å². The van der Waals surface area contributed by atoms with Gasteiger partial charge in [0, 0.05) is 25.1 Å². The third kappa shape index (κ3) is 5.51. The molecule has 1 amide bonds. The molecule has 1 heterocycles. The van der Waals surface area contributed by atoms with E-state index in [9.17, 15) is 4.79 Å². The summed E-state index contributed by atoms with van der Waals surface area (Å²) in [6, 6.07) is 25.0. The van der Waals surface area contributed by atoms with Gasteiger partial charge in [0.2, 0.25) is 0 Å². The molecule has 0 fully saturated rings. The Morgan fingerprint density at radius 2 is 1.82 bits per heavy atom. The summed E-state index contributed by atoms with van der Waals surface area (Å²) in [5, 5.41) is 3.05. The number of hydrogen-bond acceptors (Lipinski definition) is 2. The highest BCUT2D eigenvalue weighted by Gasteiger charge is 2.12. The average molecular weight is 440 g/mol. The Labute approximate surface area is 196 Å². The number of para-hydroxylation sites is 2. The summed E-state index contributed by atoms with van der Waals surface area (Å²) in [4.78, 5) is 17.3. The second kappa shape index (κ2) is 10.5. The van der Waals surface area contributed by atoms with Gasteiger partial charge in [0.25, 0.3) is 5.91 Å². The Morgan fingerprint density at radius 1 is 1.03 bits per heavy atom. The third-order valence-electron chi connectivity index (χ3n) is 6.38. The van der Waals surface area contributed by atoms with Crippen molar-refractivity contribution < 1.29 is 4.79 Å². The number of benzene rings is 3. The van der Waals surface area contributed by atoms with Crippen molar-refractivity contribution in [2.45, 2.75) is 52.5 Å². The molecule has 0 aliphatic rings. The molecule has 1 unspecified atom stereocenters. The molecule has 3 aromatic carbocycles. The monoisotopic (exact) mass is 439 g/mol. The van der Waals surface area contributed by atoms with Crippen LogP contribution in [-0.2, 0) is 13.0 Å². The minimum absolute atomic E-state index is 0.0198. The predicted octanol–water partition coefficient (Wildman–Crippen LogP) is 6.27. The highest BCUT2D eigenvalue weighted by Crippen LogP contribution is 2.22. The molecular formula is C29H33N3O. The van der Waals surface area contributed by atoms with Crippen LogP contribution in [0.2, 0.25) is 0 Å². The van der Waals surface area contributed by atoms with Crippen molar-refractivity contribution in [1.82, 2.24) is 14.9 Å². The van der Waals surface area contributed by atoms with Crippen LogP contribution in [-0.4, -0.2) is 22.0 Å². The van der Waals surface area contributed by atoms with E-state index in [0.29, 0.717) is 18.0 Å². The van der Waals surface area contributed by atoms with Crippen molar-refractivity contribution in [2.75, 3.05) is 6.54 Å². The number of nitrogens with one attached hydrogen (secondary N) is 1. The van der Waals surface area contributed by atoms with Crippen LogP contribution in [0.5, 0.6) is 0 Å². The molecule has 1 atom stereocenters. The quantitative estimate of drug-likeness (QED) is 0.313. The van der Waals surface area contributed by atoms with Crippen molar-refractivity contribution in [2.24, 2.45) is 0 Å². The molecule has 1 aromatic heterocycles. The Kier molecular flexibility index (Phi) is 7.23. The Morgan fingerprint density at radius 3 is 2.58 bits per heavy atom. The molecule has 0 saturated heterocycles. The topological polar surface area (TPSA) is 46.9 Å². The van der Waals surface area contributed by atoms with Gasteiger partial charge in [0.05, 0.1) is 11.0 Å². The van der Waals surface area contributed by atoms with Crippen LogP contribution in [0.25, 0.3) is 11.0 Å². The van der Waals surface area contributed by atoms with Gasteiger partial charge < -0.3 is 9.88 Å². The van der Waals surface area contributed by atoms with Crippen molar-refractivity contribution >= 4 is 16.9 Å². The highest BCUT2D eigenvalue weighted by atomic mass is 16.1. The number of aryl methyl sites for hydroxylation is 2. The van der Waals surface area contributed by atoms with Gasteiger partial charge >= 0.3 is 0 Å². The smallest absolute Gasteiger partial charge is 0.251 e. The van der Waals surface area contributed by atoms with Gasteiger partial charge in [-0.05, 0) is 61.1 Å². The van der Waals surface area contributed by atoms with Crippen LogP contribution in [0.4, 0.5) is 0 Å². The normalized spacial score (nSPS) is 12.1. The van der Waals surface area contributed by atoms with Gasteiger partial charge in [0.15, 0.2) is 0 Å². The average Bonchev–Trinajstić information content (AvgIpc) is 3.18. The number of aromatic nitrogens is 2. The molecule has 0 saturated carbocycles. The van der Waals surface area contributed by atoms with E-state index in [2.05, 4.69) is 66.2 Å². The zero-order chi connectivity index (χ0) is 23.2. The standard InChI is InChI=1S/C29H33N3O/c1-4-22(3)24-16-14-23(15-17-24)20-32-27-12-6-5-11-26(27)31-28(32)13-8-18-30-29(33)25-10-7-9-21(2)19-25/h5-7,9-12,14-17,19,22H,4,8,13,18,20H2,1-3H3,(H,30,33). The van der Waals surface area contributed by atoms with Crippen LogP contribution in [0.1, 0.15) is 65.5 Å². The lowest BCUT2D eigenvalue weighted by molar-refractivity contribution is 0.0953. The lowest BCUT2D eigenvalue weighted by Gasteiger charge is -2.12. The number of fused-ring (bicyclic) bond motifs is 1. The number of imidazole rings is 1. The number of hydrogen-bond donors (Lipinski definition) is 1. The highest BCUT2D eigenvalue weighted by molar-refractivity contribution is 5.94. The fraction of sp³-hybridized carbons (Fsp3) is 0.310. The largest absolute Gasteiger partial charge is 0.352 e. The first-order valence-corrected chi connectivity index (χ1v) is 11.9. The molecule has 1 N–H and O–H groups in total. The maximum absolute atomic E-state index is 12.4. The van der Waals surface area contributed by atoms with E-state index in [4.69, 9.17) is 4.98 Å². The Balaban J connectivity index is 1.44. The molecule has 0 radical (unpaired) electrons. The predicted molar refractivity (Wildman–Crippen MR) is 136 cm³/mol. The lowest BCUT2D eigenvalue weighted by atomic mass is 9.97. The molecule has 0 spiro atoms. The first kappa shape index (κ1) is 22.8.